The van der Waals surface area contributed by atoms with Crippen molar-refractivity contribution in [1.29, 1.82) is 0 Å². The fraction of sp³-hybridized carbons (Fsp3) is 0.316. The summed E-state index contributed by atoms with van der Waals surface area (Å²) >= 11 is 0. The Morgan fingerprint density at radius 3 is 2.40 bits per heavy atom. The Labute approximate surface area is 146 Å². The molecule has 0 aromatic heterocycles. The first kappa shape index (κ1) is 18.9. The second-order valence-corrected chi connectivity index (χ2v) is 5.70. The highest BCUT2D eigenvalue weighted by atomic mass is 19.1. The van der Waals surface area contributed by atoms with Crippen LogP contribution in [0.2, 0.25) is 0 Å². The number of hydrogen-bond acceptors (Lipinski definition) is 2. The fourth-order valence-electron chi connectivity index (χ4n) is 2.43. The van der Waals surface area contributed by atoms with Gasteiger partial charge in [-0.2, -0.15) is 0 Å². The molecule has 0 aliphatic rings. The molecule has 0 radical (unpaired) electrons. The summed E-state index contributed by atoms with van der Waals surface area (Å²) in [5.74, 6) is -1.46. The zero-order chi connectivity index (χ0) is 18.1. The highest BCUT2D eigenvalue weighted by molar-refractivity contribution is 5.89. The standard InChI is InChI=1S/C19H22F2N2O2/c1-25-10-6-5-9-23(14-15-7-3-2-4-8-15)19(24)22-18-12-16(20)11-17(21)13-18/h2-4,7-8,11-13H,5-6,9-10,14H2,1H3,(H,22,24). The molecule has 0 atom stereocenters. The zero-order valence-electron chi connectivity index (χ0n) is 14.2. The van der Waals surface area contributed by atoms with E-state index in [9.17, 15) is 13.6 Å². The van der Waals surface area contributed by atoms with Gasteiger partial charge in [0.2, 0.25) is 0 Å². The van der Waals surface area contributed by atoms with E-state index in [1.54, 1.807) is 12.0 Å². The highest BCUT2D eigenvalue weighted by Gasteiger charge is 2.15. The minimum Gasteiger partial charge on any atom is -0.385 e. The molecule has 0 aliphatic carbocycles. The van der Waals surface area contributed by atoms with Crippen LogP contribution in [0.3, 0.4) is 0 Å². The van der Waals surface area contributed by atoms with Gasteiger partial charge in [-0.3, -0.25) is 0 Å². The minimum absolute atomic E-state index is 0.0949. The maximum absolute atomic E-state index is 13.3. The molecular formula is C19H22F2N2O2. The van der Waals surface area contributed by atoms with Crippen LogP contribution in [0.5, 0.6) is 0 Å². The van der Waals surface area contributed by atoms with Crippen molar-refractivity contribution in [2.24, 2.45) is 0 Å². The summed E-state index contributed by atoms with van der Waals surface area (Å²) < 4.78 is 31.6. The summed E-state index contributed by atoms with van der Waals surface area (Å²) in [6.07, 6.45) is 1.59. The molecule has 2 aromatic rings. The number of carbonyl (C=O) groups excluding carboxylic acids is 1. The van der Waals surface area contributed by atoms with Crippen LogP contribution >= 0.6 is 0 Å². The second kappa shape index (κ2) is 9.74. The van der Waals surface area contributed by atoms with Gasteiger partial charge in [-0.15, -0.1) is 0 Å². The molecule has 134 valence electrons. The molecule has 0 fully saturated rings. The van der Waals surface area contributed by atoms with E-state index >= 15 is 0 Å². The smallest absolute Gasteiger partial charge is 0.322 e. The molecule has 0 saturated carbocycles. The Balaban J connectivity index is 2.05. The van der Waals surface area contributed by atoms with E-state index in [1.165, 1.54) is 0 Å². The van der Waals surface area contributed by atoms with E-state index in [-0.39, 0.29) is 5.69 Å². The SMILES string of the molecule is COCCCCN(Cc1ccccc1)C(=O)Nc1cc(F)cc(F)c1. The van der Waals surface area contributed by atoms with Crippen LogP contribution in [-0.4, -0.2) is 31.2 Å². The number of ether oxygens (including phenoxy) is 1. The molecule has 0 spiro atoms. The van der Waals surface area contributed by atoms with Crippen molar-refractivity contribution in [2.75, 3.05) is 25.6 Å². The van der Waals surface area contributed by atoms with Crippen LogP contribution in [0, 0.1) is 11.6 Å². The lowest BCUT2D eigenvalue weighted by Crippen LogP contribution is -2.35. The number of nitrogens with one attached hydrogen (secondary N) is 1. The average molecular weight is 348 g/mol. The number of hydrogen-bond donors (Lipinski definition) is 1. The molecule has 1 N–H and O–H groups in total. The van der Waals surface area contributed by atoms with Gasteiger partial charge >= 0.3 is 6.03 Å². The predicted octanol–water partition coefficient (Wildman–Crippen LogP) is 4.43. The van der Waals surface area contributed by atoms with Crippen molar-refractivity contribution < 1.29 is 18.3 Å². The summed E-state index contributed by atoms with van der Waals surface area (Å²) in [4.78, 5) is 14.2. The lowest BCUT2D eigenvalue weighted by molar-refractivity contribution is 0.182. The first-order valence-corrected chi connectivity index (χ1v) is 8.13. The largest absolute Gasteiger partial charge is 0.385 e. The van der Waals surface area contributed by atoms with Crippen molar-refractivity contribution in [3.8, 4) is 0 Å². The maximum Gasteiger partial charge on any atom is 0.322 e. The number of methoxy groups -OCH3 is 1. The van der Waals surface area contributed by atoms with Gasteiger partial charge in [0, 0.05) is 38.6 Å². The summed E-state index contributed by atoms with van der Waals surface area (Å²) in [5, 5.41) is 2.56. The normalized spacial score (nSPS) is 10.5. The van der Waals surface area contributed by atoms with Crippen molar-refractivity contribution in [3.63, 3.8) is 0 Å². The first-order chi connectivity index (χ1) is 12.1. The lowest BCUT2D eigenvalue weighted by Gasteiger charge is -2.23. The molecule has 0 unspecified atom stereocenters. The van der Waals surface area contributed by atoms with E-state index in [0.717, 1.165) is 36.6 Å². The van der Waals surface area contributed by atoms with E-state index in [0.29, 0.717) is 19.7 Å². The van der Waals surface area contributed by atoms with Crippen LogP contribution in [-0.2, 0) is 11.3 Å². The molecular weight excluding hydrogens is 326 g/mol. The highest BCUT2D eigenvalue weighted by Crippen LogP contribution is 2.15. The predicted molar refractivity (Wildman–Crippen MR) is 93.3 cm³/mol. The van der Waals surface area contributed by atoms with Crippen LogP contribution < -0.4 is 5.32 Å². The van der Waals surface area contributed by atoms with Gasteiger partial charge < -0.3 is 15.0 Å². The van der Waals surface area contributed by atoms with Gasteiger partial charge in [-0.1, -0.05) is 30.3 Å². The molecule has 2 rings (SSSR count). The van der Waals surface area contributed by atoms with Crippen molar-refractivity contribution in [2.45, 2.75) is 19.4 Å². The Bertz CT molecular complexity index is 660. The Kier molecular flexibility index (Phi) is 7.35. The van der Waals surface area contributed by atoms with E-state index in [1.807, 2.05) is 30.3 Å². The van der Waals surface area contributed by atoms with E-state index in [4.69, 9.17) is 4.74 Å². The van der Waals surface area contributed by atoms with Crippen LogP contribution in [0.4, 0.5) is 19.3 Å². The lowest BCUT2D eigenvalue weighted by atomic mass is 10.2. The van der Waals surface area contributed by atoms with Gasteiger partial charge in [0.15, 0.2) is 0 Å². The number of urea groups is 1. The van der Waals surface area contributed by atoms with Crippen molar-refractivity contribution in [3.05, 3.63) is 65.7 Å². The number of anilines is 1. The van der Waals surface area contributed by atoms with Gasteiger partial charge in [0.05, 0.1) is 0 Å². The molecule has 0 aliphatic heterocycles. The fourth-order valence-corrected chi connectivity index (χ4v) is 2.43. The third-order valence-corrected chi connectivity index (χ3v) is 3.64. The van der Waals surface area contributed by atoms with E-state index in [2.05, 4.69) is 5.32 Å². The molecule has 2 aromatic carbocycles. The first-order valence-electron chi connectivity index (χ1n) is 8.13. The molecule has 2 amide bonds. The molecule has 25 heavy (non-hydrogen) atoms. The number of carbonyl (C=O) groups is 1. The number of amides is 2. The number of benzene rings is 2. The van der Waals surface area contributed by atoms with Crippen molar-refractivity contribution >= 4 is 11.7 Å². The number of rotatable bonds is 8. The second-order valence-electron chi connectivity index (χ2n) is 5.70. The summed E-state index contributed by atoms with van der Waals surface area (Å²) in [5.41, 5.74) is 1.08. The topological polar surface area (TPSA) is 41.6 Å². The summed E-state index contributed by atoms with van der Waals surface area (Å²) in [6, 6.07) is 12.1. The van der Waals surface area contributed by atoms with Crippen LogP contribution in [0.1, 0.15) is 18.4 Å². The maximum atomic E-state index is 13.3. The Morgan fingerprint density at radius 1 is 1.08 bits per heavy atom. The van der Waals surface area contributed by atoms with Gasteiger partial charge in [0.1, 0.15) is 11.6 Å². The Hall–Kier alpha value is -2.47. The van der Waals surface area contributed by atoms with Gasteiger partial charge in [-0.05, 0) is 30.5 Å². The van der Waals surface area contributed by atoms with Crippen molar-refractivity contribution in [1.82, 2.24) is 4.90 Å². The van der Waals surface area contributed by atoms with Crippen LogP contribution in [0.15, 0.2) is 48.5 Å². The quantitative estimate of drug-likeness (QED) is 0.717. The third kappa shape index (κ3) is 6.51. The number of nitrogens with zero attached hydrogens (tertiary/aromatic N) is 1. The third-order valence-electron chi connectivity index (χ3n) is 3.64. The monoisotopic (exact) mass is 348 g/mol. The summed E-state index contributed by atoms with van der Waals surface area (Å²) in [7, 11) is 1.63. The van der Waals surface area contributed by atoms with Gasteiger partial charge in [0.25, 0.3) is 0 Å². The van der Waals surface area contributed by atoms with Gasteiger partial charge in [-0.25, -0.2) is 13.6 Å². The molecule has 6 heteroatoms. The number of unbranched alkanes of at least 4 members (excludes halogenated alkanes) is 1. The molecule has 0 saturated heterocycles. The number of halogens is 2. The Morgan fingerprint density at radius 2 is 1.76 bits per heavy atom. The zero-order valence-corrected chi connectivity index (χ0v) is 14.2. The average Bonchev–Trinajstić information content (AvgIpc) is 2.57. The molecule has 0 bridgehead atoms. The van der Waals surface area contributed by atoms with Crippen LogP contribution in [0.25, 0.3) is 0 Å². The summed E-state index contributed by atoms with van der Waals surface area (Å²) in [6.45, 7) is 1.55. The van der Waals surface area contributed by atoms with E-state index < -0.39 is 17.7 Å². The minimum atomic E-state index is -0.731. The molecule has 0 heterocycles. The molecule has 4 nitrogen and oxygen atoms in total.